The summed E-state index contributed by atoms with van der Waals surface area (Å²) in [5, 5.41) is 2.76. The van der Waals surface area contributed by atoms with Gasteiger partial charge in [-0.05, 0) is 36.8 Å². The zero-order valence-corrected chi connectivity index (χ0v) is 14.6. The fraction of sp³-hybridized carbons (Fsp3) is 0.235. The fourth-order valence-corrected chi connectivity index (χ4v) is 2.44. The van der Waals surface area contributed by atoms with E-state index in [-0.39, 0.29) is 23.1 Å². The Morgan fingerprint density at radius 1 is 1.17 bits per heavy atom. The molecule has 128 valence electrons. The minimum atomic E-state index is -3.06. The molecule has 4 nitrogen and oxygen atoms in total. The molecule has 0 radical (unpaired) electrons. The molecular formula is C17H16BrF2NO3. The standard InChI is InChI=1S/C17H16BrF2NO3/c1-10(11-6-8-12(18)9-7-11)21-16(22)13-4-3-5-14(23-2)15(13)24-17(19)20/h3-10,17H,1-2H3,(H,21,22). The molecule has 0 aromatic heterocycles. The smallest absolute Gasteiger partial charge is 0.387 e. The van der Waals surface area contributed by atoms with Crippen molar-refractivity contribution >= 4 is 21.8 Å². The Kier molecular flexibility index (Phi) is 6.14. The van der Waals surface area contributed by atoms with Gasteiger partial charge in [0.05, 0.1) is 18.7 Å². The highest BCUT2D eigenvalue weighted by Gasteiger charge is 2.21. The van der Waals surface area contributed by atoms with Crippen LogP contribution in [0.1, 0.15) is 28.9 Å². The van der Waals surface area contributed by atoms with Gasteiger partial charge in [-0.25, -0.2) is 0 Å². The summed E-state index contributed by atoms with van der Waals surface area (Å²) in [6, 6.07) is 11.5. The van der Waals surface area contributed by atoms with E-state index in [1.807, 2.05) is 24.3 Å². The first-order valence-corrected chi connectivity index (χ1v) is 7.89. The number of carbonyl (C=O) groups is 1. The molecule has 0 aliphatic rings. The third-order valence-corrected chi connectivity index (χ3v) is 3.90. The number of amides is 1. The Hall–Kier alpha value is -2.15. The molecule has 0 spiro atoms. The van der Waals surface area contributed by atoms with Crippen LogP contribution in [0.4, 0.5) is 8.78 Å². The third kappa shape index (κ3) is 4.44. The lowest BCUT2D eigenvalue weighted by atomic mass is 10.1. The topological polar surface area (TPSA) is 47.6 Å². The maximum atomic E-state index is 12.6. The zero-order valence-electron chi connectivity index (χ0n) is 13.1. The first-order valence-electron chi connectivity index (χ1n) is 7.10. The highest BCUT2D eigenvalue weighted by molar-refractivity contribution is 9.10. The molecule has 0 bridgehead atoms. The monoisotopic (exact) mass is 399 g/mol. The van der Waals surface area contributed by atoms with E-state index in [1.165, 1.54) is 25.3 Å². The van der Waals surface area contributed by atoms with Gasteiger partial charge in [0.15, 0.2) is 11.5 Å². The summed E-state index contributed by atoms with van der Waals surface area (Å²) in [4.78, 5) is 12.5. The lowest BCUT2D eigenvalue weighted by molar-refractivity contribution is -0.0515. The van der Waals surface area contributed by atoms with E-state index in [9.17, 15) is 13.6 Å². The molecule has 1 amide bonds. The van der Waals surface area contributed by atoms with Crippen molar-refractivity contribution in [1.29, 1.82) is 0 Å². The van der Waals surface area contributed by atoms with E-state index in [4.69, 9.17) is 4.74 Å². The molecule has 2 rings (SSSR count). The molecule has 24 heavy (non-hydrogen) atoms. The predicted octanol–water partition coefficient (Wildman–Crippen LogP) is 4.55. The van der Waals surface area contributed by atoms with Crippen molar-refractivity contribution in [3.05, 3.63) is 58.1 Å². The van der Waals surface area contributed by atoms with Gasteiger partial charge in [0.2, 0.25) is 0 Å². The highest BCUT2D eigenvalue weighted by Crippen LogP contribution is 2.32. The molecule has 1 N–H and O–H groups in total. The summed E-state index contributed by atoms with van der Waals surface area (Å²) < 4.78 is 35.6. The van der Waals surface area contributed by atoms with Gasteiger partial charge in [0, 0.05) is 4.47 Å². The van der Waals surface area contributed by atoms with Crippen LogP contribution in [0.2, 0.25) is 0 Å². The zero-order chi connectivity index (χ0) is 17.7. The van der Waals surface area contributed by atoms with Gasteiger partial charge in [-0.1, -0.05) is 34.1 Å². The number of nitrogens with one attached hydrogen (secondary N) is 1. The highest BCUT2D eigenvalue weighted by atomic mass is 79.9. The number of hydrogen-bond acceptors (Lipinski definition) is 3. The third-order valence-electron chi connectivity index (χ3n) is 3.37. The minimum Gasteiger partial charge on any atom is -0.493 e. The van der Waals surface area contributed by atoms with Crippen LogP contribution in [0.5, 0.6) is 11.5 Å². The van der Waals surface area contributed by atoms with Crippen molar-refractivity contribution in [3.63, 3.8) is 0 Å². The lowest BCUT2D eigenvalue weighted by Gasteiger charge is -2.17. The second-order valence-corrected chi connectivity index (χ2v) is 5.88. The van der Waals surface area contributed by atoms with E-state index < -0.39 is 12.5 Å². The van der Waals surface area contributed by atoms with E-state index in [1.54, 1.807) is 6.92 Å². The van der Waals surface area contributed by atoms with E-state index >= 15 is 0 Å². The summed E-state index contributed by atoms with van der Waals surface area (Å²) >= 11 is 3.34. The molecule has 0 saturated carbocycles. The second-order valence-electron chi connectivity index (χ2n) is 4.96. The van der Waals surface area contributed by atoms with E-state index in [0.717, 1.165) is 10.0 Å². The van der Waals surface area contributed by atoms with Gasteiger partial charge in [-0.15, -0.1) is 0 Å². The van der Waals surface area contributed by atoms with Crippen LogP contribution < -0.4 is 14.8 Å². The number of benzene rings is 2. The number of hydrogen-bond donors (Lipinski definition) is 1. The Morgan fingerprint density at radius 2 is 1.83 bits per heavy atom. The molecule has 7 heteroatoms. The van der Waals surface area contributed by atoms with Gasteiger partial charge >= 0.3 is 6.61 Å². The van der Waals surface area contributed by atoms with Crippen molar-refractivity contribution in [3.8, 4) is 11.5 Å². The van der Waals surface area contributed by atoms with Crippen LogP contribution in [0.15, 0.2) is 46.9 Å². The van der Waals surface area contributed by atoms with Crippen molar-refractivity contribution in [2.45, 2.75) is 19.6 Å². The van der Waals surface area contributed by atoms with Crippen LogP contribution >= 0.6 is 15.9 Å². The quantitative estimate of drug-likeness (QED) is 0.774. The number of para-hydroxylation sites is 1. The summed E-state index contributed by atoms with van der Waals surface area (Å²) in [5.41, 5.74) is 0.865. The Balaban J connectivity index is 2.24. The van der Waals surface area contributed by atoms with E-state index in [0.29, 0.717) is 0 Å². The number of carbonyl (C=O) groups excluding carboxylic acids is 1. The first kappa shape index (κ1) is 18.2. The molecule has 0 aliphatic carbocycles. The minimum absolute atomic E-state index is 0.0152. The molecule has 0 saturated heterocycles. The average molecular weight is 400 g/mol. The molecule has 1 unspecified atom stereocenters. The van der Waals surface area contributed by atoms with Gasteiger partial charge in [0.25, 0.3) is 5.91 Å². The molecule has 1 atom stereocenters. The number of ether oxygens (including phenoxy) is 2. The lowest BCUT2D eigenvalue weighted by Crippen LogP contribution is -2.27. The number of methoxy groups -OCH3 is 1. The van der Waals surface area contributed by atoms with Crippen LogP contribution in [0.3, 0.4) is 0 Å². The van der Waals surface area contributed by atoms with E-state index in [2.05, 4.69) is 26.0 Å². The summed E-state index contributed by atoms with van der Waals surface area (Å²) in [6.45, 7) is -1.26. The Morgan fingerprint density at radius 3 is 2.42 bits per heavy atom. The second kappa shape index (κ2) is 8.10. The molecule has 0 fully saturated rings. The average Bonchev–Trinajstić information content (AvgIpc) is 2.55. The van der Waals surface area contributed by atoms with Gasteiger partial charge in [-0.3, -0.25) is 4.79 Å². The van der Waals surface area contributed by atoms with Crippen molar-refractivity contribution < 1.29 is 23.0 Å². The number of rotatable bonds is 6. The Labute approximate surface area is 146 Å². The van der Waals surface area contributed by atoms with Gasteiger partial charge < -0.3 is 14.8 Å². The predicted molar refractivity (Wildman–Crippen MR) is 89.6 cm³/mol. The molecule has 2 aromatic carbocycles. The molecule has 0 heterocycles. The van der Waals surface area contributed by atoms with Crippen LogP contribution in [0.25, 0.3) is 0 Å². The number of halogens is 3. The number of alkyl halides is 2. The maximum Gasteiger partial charge on any atom is 0.387 e. The van der Waals surface area contributed by atoms with Crippen molar-refractivity contribution in [2.75, 3.05) is 7.11 Å². The summed E-state index contributed by atoms with van der Waals surface area (Å²) in [6.07, 6.45) is 0. The first-order chi connectivity index (χ1) is 11.4. The van der Waals surface area contributed by atoms with Crippen molar-refractivity contribution in [2.24, 2.45) is 0 Å². The Bertz CT molecular complexity index is 707. The molecule has 0 aliphatic heterocycles. The van der Waals surface area contributed by atoms with Crippen LogP contribution in [-0.2, 0) is 0 Å². The molecular weight excluding hydrogens is 384 g/mol. The summed E-state index contributed by atoms with van der Waals surface area (Å²) in [7, 11) is 1.32. The van der Waals surface area contributed by atoms with Crippen LogP contribution in [0, 0.1) is 0 Å². The SMILES string of the molecule is COc1cccc(C(=O)NC(C)c2ccc(Br)cc2)c1OC(F)F. The van der Waals surface area contributed by atoms with Crippen LogP contribution in [-0.4, -0.2) is 19.6 Å². The normalized spacial score (nSPS) is 11.9. The molecule has 2 aromatic rings. The van der Waals surface area contributed by atoms with Crippen molar-refractivity contribution in [1.82, 2.24) is 5.32 Å². The van der Waals surface area contributed by atoms with Gasteiger partial charge in [-0.2, -0.15) is 8.78 Å². The fourth-order valence-electron chi connectivity index (χ4n) is 2.18. The van der Waals surface area contributed by atoms with Gasteiger partial charge in [0.1, 0.15) is 0 Å². The largest absolute Gasteiger partial charge is 0.493 e. The summed E-state index contributed by atoms with van der Waals surface area (Å²) in [5.74, 6) is -0.741. The maximum absolute atomic E-state index is 12.6.